The van der Waals surface area contributed by atoms with E-state index in [4.69, 9.17) is 4.74 Å². The first kappa shape index (κ1) is 20.5. The molecule has 0 aliphatic heterocycles. The number of nitrogens with zero attached hydrogens (tertiary/aromatic N) is 1. The van der Waals surface area contributed by atoms with Crippen LogP contribution in [0.15, 0.2) is 54.6 Å². The highest BCUT2D eigenvalue weighted by atomic mass is 16.5. The Hall–Kier alpha value is -2.82. The minimum absolute atomic E-state index is 0.0209. The third-order valence-electron chi connectivity index (χ3n) is 4.56. The predicted octanol–water partition coefficient (Wildman–Crippen LogP) is 3.35. The SMILES string of the molecule is COc1ccc(CCN(CCC(=O)NC(C)c2ccccc2)C(C)=O)cc1. The number of hydrogen-bond acceptors (Lipinski definition) is 3. The Morgan fingerprint density at radius 2 is 1.70 bits per heavy atom. The van der Waals surface area contributed by atoms with Crippen molar-refractivity contribution in [1.82, 2.24) is 10.2 Å². The fourth-order valence-corrected chi connectivity index (χ4v) is 2.86. The maximum absolute atomic E-state index is 12.2. The van der Waals surface area contributed by atoms with Crippen molar-refractivity contribution >= 4 is 11.8 Å². The van der Waals surface area contributed by atoms with Crippen LogP contribution in [0, 0.1) is 0 Å². The molecule has 0 radical (unpaired) electrons. The van der Waals surface area contributed by atoms with Crippen molar-refractivity contribution in [3.05, 3.63) is 65.7 Å². The van der Waals surface area contributed by atoms with Crippen LogP contribution in [0.5, 0.6) is 5.75 Å². The summed E-state index contributed by atoms with van der Waals surface area (Å²) in [6, 6.07) is 17.6. The molecular formula is C22H28N2O3. The lowest BCUT2D eigenvalue weighted by Gasteiger charge is -2.22. The highest BCUT2D eigenvalue weighted by Crippen LogP contribution is 2.13. The molecule has 0 saturated carbocycles. The summed E-state index contributed by atoms with van der Waals surface area (Å²) in [6.45, 7) is 4.50. The fraction of sp³-hybridized carbons (Fsp3) is 0.364. The van der Waals surface area contributed by atoms with E-state index in [2.05, 4.69) is 5.32 Å². The van der Waals surface area contributed by atoms with Gasteiger partial charge in [0.15, 0.2) is 0 Å². The van der Waals surface area contributed by atoms with Crippen LogP contribution in [0.3, 0.4) is 0 Å². The van der Waals surface area contributed by atoms with Gasteiger partial charge in [0.1, 0.15) is 5.75 Å². The second-order valence-corrected chi connectivity index (χ2v) is 6.55. The fourth-order valence-electron chi connectivity index (χ4n) is 2.86. The van der Waals surface area contributed by atoms with E-state index in [1.54, 1.807) is 18.9 Å². The summed E-state index contributed by atoms with van der Waals surface area (Å²) in [5.74, 6) is 0.737. The molecule has 2 amide bonds. The van der Waals surface area contributed by atoms with Crippen molar-refractivity contribution in [2.45, 2.75) is 32.7 Å². The zero-order valence-electron chi connectivity index (χ0n) is 16.3. The molecule has 5 nitrogen and oxygen atoms in total. The monoisotopic (exact) mass is 368 g/mol. The first-order valence-corrected chi connectivity index (χ1v) is 9.22. The smallest absolute Gasteiger partial charge is 0.222 e. The Kier molecular flexibility index (Phi) is 7.86. The van der Waals surface area contributed by atoms with Gasteiger partial charge in [-0.25, -0.2) is 0 Å². The first-order chi connectivity index (χ1) is 13.0. The van der Waals surface area contributed by atoms with Crippen LogP contribution in [0.2, 0.25) is 0 Å². The molecule has 5 heteroatoms. The summed E-state index contributed by atoms with van der Waals surface area (Å²) in [4.78, 5) is 25.9. The molecule has 1 atom stereocenters. The summed E-state index contributed by atoms with van der Waals surface area (Å²) in [7, 11) is 1.64. The van der Waals surface area contributed by atoms with E-state index in [0.717, 1.165) is 23.3 Å². The van der Waals surface area contributed by atoms with Crippen LogP contribution in [0.25, 0.3) is 0 Å². The second kappa shape index (κ2) is 10.4. The molecule has 0 saturated heterocycles. The summed E-state index contributed by atoms with van der Waals surface area (Å²) < 4.78 is 5.15. The Morgan fingerprint density at radius 1 is 1.04 bits per heavy atom. The molecule has 0 aliphatic carbocycles. The number of nitrogens with one attached hydrogen (secondary N) is 1. The second-order valence-electron chi connectivity index (χ2n) is 6.55. The van der Waals surface area contributed by atoms with Gasteiger partial charge in [0.05, 0.1) is 13.2 Å². The van der Waals surface area contributed by atoms with Gasteiger partial charge in [-0.1, -0.05) is 42.5 Å². The van der Waals surface area contributed by atoms with E-state index >= 15 is 0 Å². The number of benzene rings is 2. The minimum atomic E-state index is -0.0537. The van der Waals surface area contributed by atoms with Gasteiger partial charge in [-0.15, -0.1) is 0 Å². The molecule has 2 rings (SSSR count). The van der Waals surface area contributed by atoms with E-state index < -0.39 is 0 Å². The average molecular weight is 368 g/mol. The van der Waals surface area contributed by atoms with Crippen LogP contribution in [-0.2, 0) is 16.0 Å². The normalized spacial score (nSPS) is 11.5. The lowest BCUT2D eigenvalue weighted by molar-refractivity contribution is -0.129. The molecule has 27 heavy (non-hydrogen) atoms. The van der Waals surface area contributed by atoms with E-state index in [9.17, 15) is 9.59 Å². The van der Waals surface area contributed by atoms with Crippen LogP contribution >= 0.6 is 0 Å². The summed E-state index contributed by atoms with van der Waals surface area (Å²) in [5.41, 5.74) is 2.19. The zero-order chi connectivity index (χ0) is 19.6. The summed E-state index contributed by atoms with van der Waals surface area (Å²) >= 11 is 0. The molecular weight excluding hydrogens is 340 g/mol. The van der Waals surface area contributed by atoms with Gasteiger partial charge < -0.3 is 15.0 Å². The Morgan fingerprint density at radius 3 is 2.30 bits per heavy atom. The molecule has 1 unspecified atom stereocenters. The lowest BCUT2D eigenvalue weighted by atomic mass is 10.1. The molecule has 0 heterocycles. The third-order valence-corrected chi connectivity index (χ3v) is 4.56. The number of carbonyl (C=O) groups is 2. The van der Waals surface area contributed by atoms with Crippen molar-refractivity contribution in [3.8, 4) is 5.75 Å². The molecule has 0 aromatic heterocycles. The Bertz CT molecular complexity index is 729. The Labute approximate surface area is 161 Å². The largest absolute Gasteiger partial charge is 0.497 e. The average Bonchev–Trinajstić information content (AvgIpc) is 2.68. The first-order valence-electron chi connectivity index (χ1n) is 9.22. The summed E-state index contributed by atoms with van der Waals surface area (Å²) in [5, 5.41) is 2.99. The summed E-state index contributed by atoms with van der Waals surface area (Å²) in [6.07, 6.45) is 1.03. The van der Waals surface area contributed by atoms with Crippen LogP contribution in [-0.4, -0.2) is 36.9 Å². The van der Waals surface area contributed by atoms with Gasteiger partial charge in [-0.2, -0.15) is 0 Å². The molecule has 2 aromatic rings. The lowest BCUT2D eigenvalue weighted by Crippen LogP contribution is -2.35. The van der Waals surface area contributed by atoms with Crippen molar-refractivity contribution in [3.63, 3.8) is 0 Å². The molecule has 0 spiro atoms. The van der Waals surface area contributed by atoms with E-state index in [0.29, 0.717) is 19.5 Å². The van der Waals surface area contributed by atoms with Gasteiger partial charge in [0, 0.05) is 26.4 Å². The number of methoxy groups -OCH3 is 1. The van der Waals surface area contributed by atoms with E-state index in [1.165, 1.54) is 0 Å². The number of amides is 2. The third kappa shape index (κ3) is 6.77. The molecule has 0 bridgehead atoms. The van der Waals surface area contributed by atoms with Gasteiger partial charge >= 0.3 is 0 Å². The Balaban J connectivity index is 1.81. The van der Waals surface area contributed by atoms with Crippen LogP contribution in [0.4, 0.5) is 0 Å². The van der Waals surface area contributed by atoms with Crippen molar-refractivity contribution in [1.29, 1.82) is 0 Å². The predicted molar refractivity (Wildman–Crippen MR) is 107 cm³/mol. The minimum Gasteiger partial charge on any atom is -0.497 e. The highest BCUT2D eigenvalue weighted by Gasteiger charge is 2.13. The topological polar surface area (TPSA) is 58.6 Å². The van der Waals surface area contributed by atoms with Crippen molar-refractivity contribution in [2.75, 3.05) is 20.2 Å². The number of rotatable bonds is 9. The van der Waals surface area contributed by atoms with E-state index in [-0.39, 0.29) is 17.9 Å². The van der Waals surface area contributed by atoms with Crippen molar-refractivity contribution in [2.24, 2.45) is 0 Å². The molecule has 2 aromatic carbocycles. The standard InChI is InChI=1S/C22H28N2O3/c1-17(20-7-5-4-6-8-20)23-22(26)14-16-24(18(2)25)15-13-19-9-11-21(27-3)12-10-19/h4-12,17H,13-16H2,1-3H3,(H,23,26). The quantitative estimate of drug-likeness (QED) is 0.738. The molecule has 0 aliphatic rings. The molecule has 1 N–H and O–H groups in total. The zero-order valence-corrected chi connectivity index (χ0v) is 16.3. The van der Waals surface area contributed by atoms with Gasteiger partial charge in [-0.3, -0.25) is 9.59 Å². The van der Waals surface area contributed by atoms with Gasteiger partial charge in [-0.05, 0) is 36.6 Å². The van der Waals surface area contributed by atoms with Crippen LogP contribution in [0.1, 0.15) is 37.4 Å². The maximum Gasteiger partial charge on any atom is 0.222 e. The van der Waals surface area contributed by atoms with Gasteiger partial charge in [0.25, 0.3) is 0 Å². The van der Waals surface area contributed by atoms with Crippen LogP contribution < -0.4 is 10.1 Å². The number of ether oxygens (including phenoxy) is 1. The van der Waals surface area contributed by atoms with E-state index in [1.807, 2.05) is 61.5 Å². The number of hydrogen-bond donors (Lipinski definition) is 1. The molecule has 144 valence electrons. The van der Waals surface area contributed by atoms with Crippen molar-refractivity contribution < 1.29 is 14.3 Å². The maximum atomic E-state index is 12.2. The highest BCUT2D eigenvalue weighted by molar-refractivity contribution is 5.78. The number of carbonyl (C=O) groups excluding carboxylic acids is 2. The van der Waals surface area contributed by atoms with Gasteiger partial charge in [0.2, 0.25) is 11.8 Å². The molecule has 0 fully saturated rings.